The zero-order valence-corrected chi connectivity index (χ0v) is 13.7. The van der Waals surface area contributed by atoms with E-state index in [0.717, 1.165) is 6.54 Å². The van der Waals surface area contributed by atoms with E-state index in [1.54, 1.807) is 0 Å². The summed E-state index contributed by atoms with van der Waals surface area (Å²) >= 11 is 5.35. The van der Waals surface area contributed by atoms with Crippen LogP contribution in [0.25, 0.3) is 0 Å². The summed E-state index contributed by atoms with van der Waals surface area (Å²) in [6.07, 6.45) is 3.92. The monoisotopic (exact) mass is 330 g/mol. The number of thiophene rings is 1. The first-order valence-corrected chi connectivity index (χ1v) is 8.48. The molecule has 18 heavy (non-hydrogen) atoms. The van der Waals surface area contributed by atoms with Crippen LogP contribution in [0.1, 0.15) is 38.0 Å². The fraction of sp³-hybridized carbons (Fsp3) is 0.714. The topological polar surface area (TPSA) is 15.3 Å². The fourth-order valence-electron chi connectivity index (χ4n) is 2.53. The first-order valence-electron chi connectivity index (χ1n) is 6.87. The molecule has 1 atom stereocenters. The smallest absolute Gasteiger partial charge is 0.0701 e. The molecule has 0 aromatic carbocycles. The molecule has 1 N–H and O–H groups in total. The lowest BCUT2D eigenvalue weighted by molar-refractivity contribution is 0.229. The Hall–Kier alpha value is 0.1000. The van der Waals surface area contributed by atoms with Crippen LogP contribution in [0, 0.1) is 0 Å². The molecule has 1 aromatic heterocycles. The molecule has 4 heteroatoms. The van der Waals surface area contributed by atoms with E-state index in [1.165, 1.54) is 41.0 Å². The van der Waals surface area contributed by atoms with Crippen molar-refractivity contribution in [1.82, 2.24) is 10.2 Å². The number of nitrogens with one attached hydrogen (secondary N) is 1. The van der Waals surface area contributed by atoms with Gasteiger partial charge in [-0.3, -0.25) is 0 Å². The number of hydrogen-bond donors (Lipinski definition) is 1. The largest absolute Gasteiger partial charge is 0.309 e. The highest BCUT2D eigenvalue weighted by Gasteiger charge is 2.18. The summed E-state index contributed by atoms with van der Waals surface area (Å²) in [5, 5.41) is 3.71. The van der Waals surface area contributed by atoms with Gasteiger partial charge in [0.15, 0.2) is 0 Å². The number of nitrogens with zero attached hydrogens (tertiary/aromatic N) is 1. The second-order valence-corrected chi connectivity index (χ2v) is 7.89. The van der Waals surface area contributed by atoms with Gasteiger partial charge in [-0.1, -0.05) is 0 Å². The molecule has 1 saturated heterocycles. The molecular weight excluding hydrogens is 308 g/mol. The zero-order valence-electron chi connectivity index (χ0n) is 11.3. The molecule has 2 nitrogen and oxygen atoms in total. The Kier molecular flexibility index (Phi) is 5.67. The van der Waals surface area contributed by atoms with Gasteiger partial charge in [-0.2, -0.15) is 0 Å². The summed E-state index contributed by atoms with van der Waals surface area (Å²) in [6, 6.07) is 5.72. The Morgan fingerprint density at radius 1 is 1.39 bits per heavy atom. The second kappa shape index (κ2) is 7.04. The lowest BCUT2D eigenvalue weighted by Crippen LogP contribution is -2.33. The lowest BCUT2D eigenvalue weighted by Gasteiger charge is -2.24. The Balaban J connectivity index is 1.77. The molecule has 0 aliphatic carbocycles. The molecular formula is C14H23BrN2S. The molecule has 0 bridgehead atoms. The van der Waals surface area contributed by atoms with E-state index in [2.05, 4.69) is 52.1 Å². The average Bonchev–Trinajstić information content (AvgIpc) is 2.62. The highest BCUT2D eigenvalue weighted by Crippen LogP contribution is 2.22. The molecule has 0 saturated carbocycles. The maximum atomic E-state index is 3.71. The maximum absolute atomic E-state index is 3.71. The Morgan fingerprint density at radius 2 is 2.22 bits per heavy atom. The third kappa shape index (κ3) is 4.34. The Labute approximate surface area is 123 Å². The lowest BCUT2D eigenvalue weighted by atomic mass is 10.1. The third-order valence-electron chi connectivity index (χ3n) is 3.69. The van der Waals surface area contributed by atoms with Crippen LogP contribution in [-0.2, 0) is 6.54 Å². The van der Waals surface area contributed by atoms with Crippen LogP contribution in [0.2, 0.25) is 0 Å². The van der Waals surface area contributed by atoms with E-state index < -0.39 is 0 Å². The molecule has 2 heterocycles. The van der Waals surface area contributed by atoms with E-state index in [9.17, 15) is 0 Å². The number of rotatable bonds is 4. The highest BCUT2D eigenvalue weighted by molar-refractivity contribution is 9.11. The first-order chi connectivity index (χ1) is 8.65. The van der Waals surface area contributed by atoms with Gasteiger partial charge in [0, 0.05) is 23.5 Å². The fourth-order valence-corrected chi connectivity index (χ4v) is 3.96. The predicted octanol–water partition coefficient (Wildman–Crippen LogP) is 3.86. The molecule has 1 aliphatic rings. The van der Waals surface area contributed by atoms with Crippen LogP contribution in [0.15, 0.2) is 15.9 Å². The normalized spacial score (nSPS) is 22.3. The van der Waals surface area contributed by atoms with Crippen molar-refractivity contribution in [3.05, 3.63) is 20.8 Å². The first kappa shape index (κ1) is 14.5. The van der Waals surface area contributed by atoms with Crippen molar-refractivity contribution in [2.45, 2.75) is 51.7 Å². The molecule has 102 valence electrons. The Bertz CT molecular complexity index is 364. The predicted molar refractivity (Wildman–Crippen MR) is 83.2 cm³/mol. The Morgan fingerprint density at radius 3 is 2.89 bits per heavy atom. The van der Waals surface area contributed by atoms with Gasteiger partial charge in [0.2, 0.25) is 0 Å². The quantitative estimate of drug-likeness (QED) is 0.901. The molecule has 0 amide bonds. The van der Waals surface area contributed by atoms with Crippen LogP contribution in [0.3, 0.4) is 0 Å². The summed E-state index contributed by atoms with van der Waals surface area (Å²) in [7, 11) is 0. The third-order valence-corrected chi connectivity index (χ3v) is 5.31. The van der Waals surface area contributed by atoms with Crippen LogP contribution < -0.4 is 5.32 Å². The van der Waals surface area contributed by atoms with Gasteiger partial charge in [-0.05, 0) is 74.3 Å². The van der Waals surface area contributed by atoms with Crippen LogP contribution in [0.4, 0.5) is 0 Å². The number of halogens is 1. The van der Waals surface area contributed by atoms with Gasteiger partial charge in [-0.25, -0.2) is 0 Å². The van der Waals surface area contributed by atoms with Crippen molar-refractivity contribution >= 4 is 27.3 Å². The molecule has 2 rings (SSSR count). The minimum absolute atomic E-state index is 0.689. The molecule has 1 unspecified atom stereocenters. The minimum Gasteiger partial charge on any atom is -0.309 e. The highest BCUT2D eigenvalue weighted by atomic mass is 79.9. The van der Waals surface area contributed by atoms with Crippen molar-refractivity contribution in [3.63, 3.8) is 0 Å². The minimum atomic E-state index is 0.689. The number of hydrogen-bond acceptors (Lipinski definition) is 3. The standard InChI is InChI=1S/C14H23BrN2S/c1-11(2)17-8-3-4-12(7-9-17)16-10-13-5-6-14(15)18-13/h5-6,11-12,16H,3-4,7-10H2,1-2H3. The molecule has 0 radical (unpaired) electrons. The van der Waals surface area contributed by atoms with Crippen molar-refractivity contribution in [1.29, 1.82) is 0 Å². The summed E-state index contributed by atoms with van der Waals surface area (Å²) in [4.78, 5) is 4.02. The molecule has 1 fully saturated rings. The van der Waals surface area contributed by atoms with Crippen LogP contribution in [0.5, 0.6) is 0 Å². The molecule has 1 aliphatic heterocycles. The van der Waals surface area contributed by atoms with Gasteiger partial charge in [0.05, 0.1) is 3.79 Å². The summed E-state index contributed by atoms with van der Waals surface area (Å²) < 4.78 is 1.23. The zero-order chi connectivity index (χ0) is 13.0. The average molecular weight is 331 g/mol. The van der Waals surface area contributed by atoms with Crippen molar-refractivity contribution in [2.24, 2.45) is 0 Å². The summed E-state index contributed by atoms with van der Waals surface area (Å²) in [5.41, 5.74) is 0. The van der Waals surface area contributed by atoms with Crippen molar-refractivity contribution in [3.8, 4) is 0 Å². The van der Waals surface area contributed by atoms with E-state index in [-0.39, 0.29) is 0 Å². The van der Waals surface area contributed by atoms with E-state index in [0.29, 0.717) is 12.1 Å². The van der Waals surface area contributed by atoms with Gasteiger partial charge in [0.1, 0.15) is 0 Å². The van der Waals surface area contributed by atoms with Crippen molar-refractivity contribution in [2.75, 3.05) is 13.1 Å². The summed E-state index contributed by atoms with van der Waals surface area (Å²) in [6.45, 7) is 8.13. The van der Waals surface area contributed by atoms with Crippen LogP contribution in [-0.4, -0.2) is 30.1 Å². The van der Waals surface area contributed by atoms with Gasteiger partial charge < -0.3 is 10.2 Å². The van der Waals surface area contributed by atoms with Gasteiger partial charge >= 0.3 is 0 Å². The SMILES string of the molecule is CC(C)N1CCCC(NCc2ccc(Br)s2)CC1. The second-order valence-electron chi connectivity index (χ2n) is 5.34. The van der Waals surface area contributed by atoms with Gasteiger partial charge in [-0.15, -0.1) is 11.3 Å². The molecule has 0 spiro atoms. The van der Waals surface area contributed by atoms with E-state index in [4.69, 9.17) is 0 Å². The van der Waals surface area contributed by atoms with Gasteiger partial charge in [0.25, 0.3) is 0 Å². The maximum Gasteiger partial charge on any atom is 0.0701 e. The summed E-state index contributed by atoms with van der Waals surface area (Å²) in [5.74, 6) is 0. The number of likely N-dealkylation sites (tertiary alicyclic amines) is 1. The van der Waals surface area contributed by atoms with Crippen molar-refractivity contribution < 1.29 is 0 Å². The molecule has 1 aromatic rings. The van der Waals surface area contributed by atoms with E-state index >= 15 is 0 Å². The van der Waals surface area contributed by atoms with Crippen LogP contribution >= 0.6 is 27.3 Å². The van der Waals surface area contributed by atoms with E-state index in [1.807, 2.05) is 11.3 Å².